The van der Waals surface area contributed by atoms with Gasteiger partial charge in [-0.3, -0.25) is 14.9 Å². The predicted octanol–water partition coefficient (Wildman–Crippen LogP) is 4.16. The molecular weight excluding hydrogens is 424 g/mol. The Morgan fingerprint density at radius 1 is 1.25 bits per heavy atom. The molecule has 148 valence electrons. The Labute approximate surface area is 176 Å². The second kappa shape index (κ2) is 9.60. The van der Waals surface area contributed by atoms with Gasteiger partial charge in [-0.1, -0.05) is 35.3 Å². The molecule has 2 atom stereocenters. The van der Waals surface area contributed by atoms with Gasteiger partial charge in [0.1, 0.15) is 11.3 Å². The van der Waals surface area contributed by atoms with E-state index in [1.807, 2.05) is 18.2 Å². The quantitative estimate of drug-likeness (QED) is 0.629. The fourth-order valence-electron chi connectivity index (χ4n) is 2.78. The van der Waals surface area contributed by atoms with Gasteiger partial charge in [-0.05, 0) is 35.9 Å². The van der Waals surface area contributed by atoms with Crippen molar-refractivity contribution in [1.82, 2.24) is 10.6 Å². The van der Waals surface area contributed by atoms with Crippen molar-refractivity contribution in [3.8, 4) is 0 Å². The van der Waals surface area contributed by atoms with Crippen LogP contribution >= 0.6 is 35.0 Å². The maximum atomic E-state index is 13.2. The van der Waals surface area contributed by atoms with Gasteiger partial charge in [0.25, 0.3) is 0 Å². The largest absolute Gasteiger partial charge is 0.332 e. The molecule has 0 aliphatic carbocycles. The van der Waals surface area contributed by atoms with Crippen LogP contribution in [0.5, 0.6) is 0 Å². The van der Waals surface area contributed by atoms with E-state index in [1.54, 1.807) is 6.07 Å². The molecule has 1 aliphatic heterocycles. The highest BCUT2D eigenvalue weighted by Crippen LogP contribution is 2.22. The number of nitrogens with one attached hydrogen (secondary N) is 3. The first-order valence-corrected chi connectivity index (χ1v) is 10.4. The summed E-state index contributed by atoms with van der Waals surface area (Å²) in [4.78, 5) is 24.3. The molecule has 0 spiro atoms. The van der Waals surface area contributed by atoms with Crippen molar-refractivity contribution >= 4 is 52.5 Å². The highest BCUT2D eigenvalue weighted by Gasteiger charge is 2.27. The van der Waals surface area contributed by atoms with Crippen molar-refractivity contribution < 1.29 is 14.0 Å². The molecule has 1 fully saturated rings. The van der Waals surface area contributed by atoms with E-state index in [-0.39, 0.29) is 41.2 Å². The van der Waals surface area contributed by atoms with E-state index < -0.39 is 5.82 Å². The summed E-state index contributed by atoms with van der Waals surface area (Å²) in [6.45, 7) is 0. The highest BCUT2D eigenvalue weighted by molar-refractivity contribution is 7.99. The van der Waals surface area contributed by atoms with E-state index in [1.165, 1.54) is 30.0 Å². The second-order valence-electron chi connectivity index (χ2n) is 6.34. The topological polar surface area (TPSA) is 70.2 Å². The van der Waals surface area contributed by atoms with Crippen LogP contribution in [0.2, 0.25) is 10.0 Å². The molecule has 1 saturated heterocycles. The number of hydrogen-bond acceptors (Lipinski definition) is 4. The number of amides is 2. The van der Waals surface area contributed by atoms with E-state index in [2.05, 4.69) is 16.0 Å². The molecule has 2 aromatic carbocycles. The minimum atomic E-state index is -0.551. The summed E-state index contributed by atoms with van der Waals surface area (Å²) in [5.74, 6) is -0.297. The summed E-state index contributed by atoms with van der Waals surface area (Å²) in [7, 11) is 0. The number of carbonyl (C=O) groups excluding carboxylic acids is 2. The maximum Gasteiger partial charge on any atom is 0.225 e. The van der Waals surface area contributed by atoms with Crippen LogP contribution in [0, 0.1) is 5.82 Å². The average molecular weight is 442 g/mol. The molecule has 0 aromatic heterocycles. The monoisotopic (exact) mass is 441 g/mol. The number of benzene rings is 2. The van der Waals surface area contributed by atoms with Crippen molar-refractivity contribution in [3.63, 3.8) is 0 Å². The van der Waals surface area contributed by atoms with Gasteiger partial charge in [0.05, 0.1) is 5.02 Å². The molecule has 2 unspecified atom stereocenters. The Morgan fingerprint density at radius 2 is 2.07 bits per heavy atom. The molecule has 3 rings (SSSR count). The molecule has 28 heavy (non-hydrogen) atoms. The zero-order chi connectivity index (χ0) is 20.1. The minimum absolute atomic E-state index is 0.0644. The van der Waals surface area contributed by atoms with Crippen molar-refractivity contribution in [1.29, 1.82) is 0 Å². The van der Waals surface area contributed by atoms with Gasteiger partial charge in [0.15, 0.2) is 0 Å². The minimum Gasteiger partial charge on any atom is -0.332 e. The fourth-order valence-corrected chi connectivity index (χ4v) is 4.22. The molecule has 1 aliphatic rings. The molecular formula is C19H18Cl2FN3O2S. The smallest absolute Gasteiger partial charge is 0.225 e. The summed E-state index contributed by atoms with van der Waals surface area (Å²) in [5, 5.41) is 9.38. The molecule has 3 N–H and O–H groups in total. The second-order valence-corrected chi connectivity index (χ2v) is 8.27. The Kier molecular flexibility index (Phi) is 7.18. The molecule has 1 heterocycles. The van der Waals surface area contributed by atoms with Crippen molar-refractivity contribution in [2.75, 3.05) is 5.32 Å². The Balaban J connectivity index is 1.52. The molecule has 5 nitrogen and oxygen atoms in total. The Hall–Kier alpha value is -1.80. The summed E-state index contributed by atoms with van der Waals surface area (Å²) in [6.07, 6.45) is 0.308. The van der Waals surface area contributed by atoms with E-state index >= 15 is 0 Å². The van der Waals surface area contributed by atoms with Crippen LogP contribution in [0.3, 0.4) is 0 Å². The number of thioether (sulfide) groups is 1. The molecule has 9 heteroatoms. The van der Waals surface area contributed by atoms with E-state index in [0.29, 0.717) is 16.5 Å². The predicted molar refractivity (Wildman–Crippen MR) is 111 cm³/mol. The number of halogens is 3. The number of hydrogen-bond donors (Lipinski definition) is 3. The highest BCUT2D eigenvalue weighted by atomic mass is 35.5. The van der Waals surface area contributed by atoms with E-state index in [9.17, 15) is 14.0 Å². The first kappa shape index (κ1) is 20.9. The summed E-state index contributed by atoms with van der Waals surface area (Å²) in [5.41, 5.74) is 1.14. The van der Waals surface area contributed by atoms with E-state index in [0.717, 1.165) is 5.56 Å². The standard InChI is InChI=1S/C19H18Cl2FN3O2S/c20-12-3-1-2-11(6-12)10-28-19-24-14(9-18(27)25-19)8-17(26)23-13-4-5-16(22)15(21)7-13/h1-7,14,19,24H,8-10H2,(H,23,26)(H,25,27). The van der Waals surface area contributed by atoms with E-state index in [4.69, 9.17) is 23.2 Å². The Bertz CT molecular complexity index is 884. The lowest BCUT2D eigenvalue weighted by molar-refractivity contribution is -0.124. The average Bonchev–Trinajstić information content (AvgIpc) is 2.63. The third-order valence-corrected chi connectivity index (χ3v) is 5.66. The number of carbonyl (C=O) groups is 2. The van der Waals surface area contributed by atoms with Gasteiger partial charge in [-0.2, -0.15) is 0 Å². The molecule has 2 amide bonds. The van der Waals surface area contributed by atoms with Crippen LogP contribution in [0.15, 0.2) is 42.5 Å². The summed E-state index contributed by atoms with van der Waals surface area (Å²) >= 11 is 13.2. The molecule has 2 aromatic rings. The van der Waals surface area contributed by atoms with Gasteiger partial charge in [0, 0.05) is 35.3 Å². The van der Waals surface area contributed by atoms with Crippen LogP contribution in [0.25, 0.3) is 0 Å². The van der Waals surface area contributed by atoms with Crippen LogP contribution in [-0.4, -0.2) is 23.4 Å². The van der Waals surface area contributed by atoms with Gasteiger partial charge in [0.2, 0.25) is 11.8 Å². The zero-order valence-corrected chi connectivity index (χ0v) is 17.0. The van der Waals surface area contributed by atoms with Gasteiger partial charge in [-0.15, -0.1) is 11.8 Å². The lowest BCUT2D eigenvalue weighted by Gasteiger charge is -2.31. The van der Waals surface area contributed by atoms with Gasteiger partial charge in [-0.25, -0.2) is 4.39 Å². The maximum absolute atomic E-state index is 13.2. The van der Waals surface area contributed by atoms with Crippen molar-refractivity contribution in [3.05, 3.63) is 63.9 Å². The molecule has 0 saturated carbocycles. The van der Waals surface area contributed by atoms with Crippen LogP contribution in [0.1, 0.15) is 18.4 Å². The van der Waals surface area contributed by atoms with Crippen LogP contribution in [-0.2, 0) is 15.3 Å². The first-order chi connectivity index (χ1) is 13.4. The van der Waals surface area contributed by atoms with Gasteiger partial charge < -0.3 is 10.6 Å². The first-order valence-electron chi connectivity index (χ1n) is 8.55. The summed E-state index contributed by atoms with van der Waals surface area (Å²) < 4.78 is 13.2. The molecule has 0 bridgehead atoms. The zero-order valence-electron chi connectivity index (χ0n) is 14.7. The third-order valence-electron chi connectivity index (χ3n) is 4.05. The fraction of sp³-hybridized carbons (Fsp3) is 0.263. The van der Waals surface area contributed by atoms with Crippen LogP contribution < -0.4 is 16.0 Å². The molecule has 0 radical (unpaired) electrons. The van der Waals surface area contributed by atoms with Gasteiger partial charge >= 0.3 is 0 Å². The number of anilines is 1. The third kappa shape index (κ3) is 6.10. The lowest BCUT2D eigenvalue weighted by atomic mass is 10.1. The van der Waals surface area contributed by atoms with Crippen molar-refractivity contribution in [2.24, 2.45) is 0 Å². The Morgan fingerprint density at radius 3 is 2.82 bits per heavy atom. The lowest BCUT2D eigenvalue weighted by Crippen LogP contribution is -2.55. The van der Waals surface area contributed by atoms with Crippen molar-refractivity contribution in [2.45, 2.75) is 30.1 Å². The normalized spacial score (nSPS) is 19.2. The number of rotatable bonds is 6. The SMILES string of the molecule is O=C(CC1CC(=O)NC(SCc2cccc(Cl)c2)N1)Nc1ccc(F)c(Cl)c1. The summed E-state index contributed by atoms with van der Waals surface area (Å²) in [6, 6.07) is 11.2. The van der Waals surface area contributed by atoms with Crippen LogP contribution in [0.4, 0.5) is 10.1 Å².